The molecule has 0 aliphatic heterocycles. The second-order valence-corrected chi connectivity index (χ2v) is 10.3. The van der Waals surface area contributed by atoms with Crippen molar-refractivity contribution < 1.29 is 5.11 Å². The van der Waals surface area contributed by atoms with Gasteiger partial charge in [-0.2, -0.15) is 0 Å². The van der Waals surface area contributed by atoms with Crippen LogP contribution in [0.2, 0.25) is 24.2 Å². The van der Waals surface area contributed by atoms with Gasteiger partial charge < -0.3 is 0 Å². The number of rotatable bonds is 11. The first-order valence-corrected chi connectivity index (χ1v) is 10.2. The molecule has 0 unspecified atom stereocenters. The monoisotopic (exact) mass is 243 g/mol. The minimum absolute atomic E-state index is 0.184. The van der Waals surface area contributed by atoms with Crippen molar-refractivity contribution >= 4 is 8.07 Å². The fraction of sp³-hybridized carbons (Fsp3) is 1.00. The molecule has 0 aromatic rings. The van der Waals surface area contributed by atoms with E-state index < -0.39 is 8.07 Å². The maximum Gasteiger partial charge on any atom is 0.0799 e. The molecule has 0 amide bonds. The molecule has 0 aromatic carbocycles. The zero-order valence-corrected chi connectivity index (χ0v) is 12.7. The van der Waals surface area contributed by atoms with Crippen LogP contribution >= 0.6 is 0 Å². The lowest BCUT2D eigenvalue weighted by Crippen LogP contribution is -2.34. The van der Waals surface area contributed by atoms with Crippen LogP contribution in [0.1, 0.15) is 59.3 Å². The lowest BCUT2D eigenvalue weighted by Gasteiger charge is -2.31. The van der Waals surface area contributed by atoms with Crippen molar-refractivity contribution in [1.29, 1.82) is 0 Å². The van der Waals surface area contributed by atoms with Crippen LogP contribution in [0.4, 0.5) is 0 Å². The van der Waals surface area contributed by atoms with Crippen molar-refractivity contribution in [3.8, 4) is 0 Å². The van der Waals surface area contributed by atoms with E-state index in [1.807, 2.05) is 0 Å². The summed E-state index contributed by atoms with van der Waals surface area (Å²) < 4.78 is 0. The van der Waals surface area contributed by atoms with E-state index in [0.717, 1.165) is 6.04 Å². The van der Waals surface area contributed by atoms with Gasteiger partial charge in [0.2, 0.25) is 0 Å². The second-order valence-electron chi connectivity index (χ2n) is 5.26. The maximum absolute atomic E-state index is 11.1. The summed E-state index contributed by atoms with van der Waals surface area (Å²) in [5.74, 6) is 0. The van der Waals surface area contributed by atoms with Gasteiger partial charge in [-0.3, -0.25) is 0 Å². The molecule has 0 rings (SSSR count). The molecule has 0 saturated carbocycles. The third-order valence-electron chi connectivity index (χ3n) is 3.81. The number of hydrogen-bond donors (Lipinski definition) is 0. The third-order valence-corrected chi connectivity index (χ3v) is 9.32. The first-order chi connectivity index (χ1) is 7.74. The zero-order valence-electron chi connectivity index (χ0n) is 11.7. The quantitative estimate of drug-likeness (QED) is 0.441. The van der Waals surface area contributed by atoms with E-state index in [-0.39, 0.29) is 6.61 Å². The highest BCUT2D eigenvalue weighted by Gasteiger charge is 2.30. The molecule has 0 atom stereocenters. The first-order valence-electron chi connectivity index (χ1n) is 7.32. The summed E-state index contributed by atoms with van der Waals surface area (Å²) in [7, 11) is -1.17. The third kappa shape index (κ3) is 6.69. The molecule has 0 aromatic heterocycles. The molecule has 1 nitrogen and oxygen atoms in total. The van der Waals surface area contributed by atoms with E-state index in [1.54, 1.807) is 0 Å². The molecule has 16 heavy (non-hydrogen) atoms. The van der Waals surface area contributed by atoms with Crippen molar-refractivity contribution in [3.63, 3.8) is 0 Å². The van der Waals surface area contributed by atoms with Gasteiger partial charge in [0.15, 0.2) is 0 Å². The Hall–Kier alpha value is 0.177. The van der Waals surface area contributed by atoms with E-state index in [0.29, 0.717) is 0 Å². The van der Waals surface area contributed by atoms with Crippen molar-refractivity contribution in [1.82, 2.24) is 0 Å². The standard InChI is InChI=1S/C14H31OSi/c1-4-7-11-16(14-10-15,12-8-5-2)13-9-6-3/h4-14H2,1-3H3. The van der Waals surface area contributed by atoms with Crippen LogP contribution in [0.15, 0.2) is 0 Å². The van der Waals surface area contributed by atoms with Crippen molar-refractivity contribution in [3.05, 3.63) is 0 Å². The van der Waals surface area contributed by atoms with Crippen LogP contribution in [0, 0.1) is 0 Å². The number of hydrogen-bond acceptors (Lipinski definition) is 0. The minimum atomic E-state index is -1.17. The summed E-state index contributed by atoms with van der Waals surface area (Å²) in [6, 6.07) is 5.32. The Kier molecular flexibility index (Phi) is 10.5. The predicted octanol–water partition coefficient (Wildman–Crippen LogP) is 5.27. The van der Waals surface area contributed by atoms with Crippen LogP contribution in [0.25, 0.3) is 0 Å². The van der Waals surface area contributed by atoms with Crippen LogP contribution in [-0.2, 0) is 5.11 Å². The number of unbranched alkanes of at least 4 members (excludes halogenated alkanes) is 3. The molecule has 97 valence electrons. The largest absolute Gasteiger partial charge is 0.237 e. The maximum atomic E-state index is 11.1. The average molecular weight is 243 g/mol. The Labute approximate surface area is 104 Å². The van der Waals surface area contributed by atoms with Gasteiger partial charge in [-0.1, -0.05) is 77.4 Å². The fourth-order valence-electron chi connectivity index (χ4n) is 2.62. The SMILES string of the molecule is CCCC[Si](CC[O])(CCCC)CCCC. The molecule has 0 aliphatic carbocycles. The summed E-state index contributed by atoms with van der Waals surface area (Å²) >= 11 is 0. The summed E-state index contributed by atoms with van der Waals surface area (Å²) in [6.07, 6.45) is 7.97. The van der Waals surface area contributed by atoms with Crippen LogP contribution < -0.4 is 0 Å². The summed E-state index contributed by atoms with van der Waals surface area (Å²) in [6.45, 7) is 7.01. The fourth-order valence-corrected chi connectivity index (χ4v) is 7.87. The van der Waals surface area contributed by atoms with E-state index in [4.69, 9.17) is 0 Å². The average Bonchev–Trinajstić information content (AvgIpc) is 2.31. The Balaban J connectivity index is 4.32. The summed E-state index contributed by atoms with van der Waals surface area (Å²) in [5.41, 5.74) is 0. The van der Waals surface area contributed by atoms with E-state index >= 15 is 0 Å². The first kappa shape index (κ1) is 16.2. The van der Waals surface area contributed by atoms with Crippen molar-refractivity contribution in [2.24, 2.45) is 0 Å². The normalized spacial score (nSPS) is 12.0. The summed E-state index contributed by atoms with van der Waals surface area (Å²) in [5, 5.41) is 11.1. The highest BCUT2D eigenvalue weighted by atomic mass is 28.3. The molecule has 0 fully saturated rings. The van der Waals surface area contributed by atoms with Crippen LogP contribution in [0.5, 0.6) is 0 Å². The molecule has 0 heterocycles. The minimum Gasteiger partial charge on any atom is -0.237 e. The van der Waals surface area contributed by atoms with Crippen LogP contribution in [0.3, 0.4) is 0 Å². The van der Waals surface area contributed by atoms with Gasteiger partial charge >= 0.3 is 0 Å². The van der Waals surface area contributed by atoms with Crippen molar-refractivity contribution in [2.45, 2.75) is 83.5 Å². The smallest absolute Gasteiger partial charge is 0.0799 e. The second kappa shape index (κ2) is 10.3. The highest BCUT2D eigenvalue weighted by molar-refractivity contribution is 6.79. The predicted molar refractivity (Wildman–Crippen MR) is 75.3 cm³/mol. The lowest BCUT2D eigenvalue weighted by atomic mass is 10.4. The van der Waals surface area contributed by atoms with Gasteiger partial charge in [0.25, 0.3) is 0 Å². The zero-order chi connectivity index (χ0) is 12.3. The van der Waals surface area contributed by atoms with E-state index in [1.165, 1.54) is 56.7 Å². The molecule has 1 radical (unpaired) electrons. The molecular formula is C14H31OSi. The molecule has 0 bridgehead atoms. The Morgan fingerprint density at radius 2 is 1.06 bits per heavy atom. The Morgan fingerprint density at radius 3 is 1.31 bits per heavy atom. The lowest BCUT2D eigenvalue weighted by molar-refractivity contribution is 0.210. The Morgan fingerprint density at radius 1 is 0.688 bits per heavy atom. The molecule has 0 spiro atoms. The van der Waals surface area contributed by atoms with Gasteiger partial charge in [-0.25, -0.2) is 5.11 Å². The van der Waals surface area contributed by atoms with Gasteiger partial charge in [-0.15, -0.1) is 0 Å². The molecular weight excluding hydrogens is 212 g/mol. The topological polar surface area (TPSA) is 19.9 Å². The van der Waals surface area contributed by atoms with Crippen LogP contribution in [-0.4, -0.2) is 14.7 Å². The van der Waals surface area contributed by atoms with E-state index in [9.17, 15) is 5.11 Å². The van der Waals surface area contributed by atoms with Gasteiger partial charge in [0.1, 0.15) is 0 Å². The van der Waals surface area contributed by atoms with Crippen molar-refractivity contribution in [2.75, 3.05) is 6.61 Å². The molecule has 0 aliphatic rings. The molecule has 2 heteroatoms. The van der Waals surface area contributed by atoms with Gasteiger partial charge in [0, 0.05) is 0 Å². The summed E-state index contributed by atoms with van der Waals surface area (Å²) in [4.78, 5) is 0. The van der Waals surface area contributed by atoms with E-state index in [2.05, 4.69) is 20.8 Å². The van der Waals surface area contributed by atoms with Gasteiger partial charge in [-0.05, 0) is 6.04 Å². The Bertz CT molecular complexity index is 126. The molecule has 0 saturated heterocycles. The highest BCUT2D eigenvalue weighted by Crippen LogP contribution is 2.31. The van der Waals surface area contributed by atoms with Gasteiger partial charge in [0.05, 0.1) is 14.7 Å². The molecule has 0 N–H and O–H groups in total.